The van der Waals surface area contributed by atoms with E-state index in [-0.39, 0.29) is 18.4 Å². The number of carbonyl (C=O) groups is 1. The Morgan fingerprint density at radius 2 is 2.30 bits per heavy atom. The summed E-state index contributed by atoms with van der Waals surface area (Å²) in [4.78, 5) is 12.1. The maximum absolute atomic E-state index is 12.1. The molecular formula is C12H20N4O3S. The highest BCUT2D eigenvalue weighted by atomic mass is 32.2. The molecule has 1 amide bonds. The molecule has 1 fully saturated rings. The van der Waals surface area contributed by atoms with Gasteiger partial charge in [0.25, 0.3) is 0 Å². The fourth-order valence-corrected chi connectivity index (χ4v) is 3.27. The van der Waals surface area contributed by atoms with E-state index in [0.29, 0.717) is 13.1 Å². The van der Waals surface area contributed by atoms with Gasteiger partial charge in [-0.2, -0.15) is 5.10 Å². The van der Waals surface area contributed by atoms with Crippen LogP contribution in [0.4, 0.5) is 0 Å². The van der Waals surface area contributed by atoms with Crippen LogP contribution in [0.3, 0.4) is 0 Å². The van der Waals surface area contributed by atoms with Gasteiger partial charge in [0.15, 0.2) is 0 Å². The zero-order valence-electron chi connectivity index (χ0n) is 11.7. The van der Waals surface area contributed by atoms with Crippen LogP contribution >= 0.6 is 0 Å². The second kappa shape index (κ2) is 5.92. The van der Waals surface area contributed by atoms with Gasteiger partial charge in [0.05, 0.1) is 18.4 Å². The molecule has 8 heteroatoms. The van der Waals surface area contributed by atoms with Crippen LogP contribution in [-0.4, -0.2) is 47.8 Å². The van der Waals surface area contributed by atoms with Crippen molar-refractivity contribution in [1.29, 1.82) is 0 Å². The lowest BCUT2D eigenvalue weighted by atomic mass is 9.99. The average molecular weight is 300 g/mol. The molecule has 0 spiro atoms. The molecule has 0 radical (unpaired) electrons. The molecule has 2 heterocycles. The van der Waals surface area contributed by atoms with E-state index < -0.39 is 10.0 Å². The summed E-state index contributed by atoms with van der Waals surface area (Å²) < 4.78 is 26.1. The summed E-state index contributed by atoms with van der Waals surface area (Å²) in [5.41, 5.74) is 0.927. The van der Waals surface area contributed by atoms with Crippen molar-refractivity contribution in [2.45, 2.75) is 19.4 Å². The van der Waals surface area contributed by atoms with Crippen molar-refractivity contribution < 1.29 is 13.2 Å². The first-order valence-electron chi connectivity index (χ1n) is 6.56. The largest absolute Gasteiger partial charge is 0.352 e. The fraction of sp³-hybridized carbons (Fsp3) is 0.667. The Kier molecular flexibility index (Phi) is 4.44. The van der Waals surface area contributed by atoms with Crippen molar-refractivity contribution in [3.63, 3.8) is 0 Å². The predicted molar refractivity (Wildman–Crippen MR) is 74.2 cm³/mol. The molecule has 1 aromatic heterocycles. The Morgan fingerprint density at radius 3 is 2.90 bits per heavy atom. The van der Waals surface area contributed by atoms with Crippen molar-refractivity contribution >= 4 is 15.9 Å². The molecular weight excluding hydrogens is 280 g/mol. The van der Waals surface area contributed by atoms with Crippen LogP contribution in [0.5, 0.6) is 0 Å². The maximum atomic E-state index is 12.1. The Balaban J connectivity index is 1.89. The molecule has 1 aliphatic heterocycles. The quantitative estimate of drug-likeness (QED) is 0.828. The first-order chi connectivity index (χ1) is 9.36. The van der Waals surface area contributed by atoms with Gasteiger partial charge in [0.2, 0.25) is 15.9 Å². The zero-order valence-corrected chi connectivity index (χ0v) is 12.6. The molecule has 0 bridgehead atoms. The van der Waals surface area contributed by atoms with Gasteiger partial charge >= 0.3 is 0 Å². The lowest BCUT2D eigenvalue weighted by Crippen LogP contribution is -2.44. The molecule has 1 unspecified atom stereocenters. The third-order valence-electron chi connectivity index (χ3n) is 3.45. The monoisotopic (exact) mass is 300 g/mol. The number of piperidine rings is 1. The highest BCUT2D eigenvalue weighted by molar-refractivity contribution is 7.88. The topological polar surface area (TPSA) is 84.3 Å². The summed E-state index contributed by atoms with van der Waals surface area (Å²) in [6, 6.07) is 0. The lowest BCUT2D eigenvalue weighted by molar-refractivity contribution is -0.126. The first-order valence-corrected chi connectivity index (χ1v) is 8.41. The average Bonchev–Trinajstić information content (AvgIpc) is 2.81. The van der Waals surface area contributed by atoms with Crippen molar-refractivity contribution in [1.82, 2.24) is 19.4 Å². The Bertz CT molecular complexity index is 581. The molecule has 1 N–H and O–H groups in total. The van der Waals surface area contributed by atoms with Gasteiger partial charge in [0.1, 0.15) is 0 Å². The highest BCUT2D eigenvalue weighted by Gasteiger charge is 2.29. The minimum atomic E-state index is -3.22. The number of hydrogen-bond acceptors (Lipinski definition) is 4. The fourth-order valence-electron chi connectivity index (χ4n) is 2.35. The number of carbonyl (C=O) groups excluding carboxylic acids is 1. The van der Waals surface area contributed by atoms with Gasteiger partial charge in [-0.15, -0.1) is 0 Å². The van der Waals surface area contributed by atoms with Crippen LogP contribution in [0, 0.1) is 5.92 Å². The van der Waals surface area contributed by atoms with E-state index in [4.69, 9.17) is 0 Å². The molecule has 1 aliphatic rings. The minimum absolute atomic E-state index is 0.0952. The van der Waals surface area contributed by atoms with Crippen LogP contribution in [-0.2, 0) is 28.4 Å². The van der Waals surface area contributed by atoms with E-state index in [1.165, 1.54) is 10.6 Å². The SMILES string of the molecule is Cn1cc(CNC(=O)C2CCCN(S(C)(=O)=O)C2)cn1. The van der Waals surface area contributed by atoms with E-state index >= 15 is 0 Å². The summed E-state index contributed by atoms with van der Waals surface area (Å²) in [5.74, 6) is -0.364. The number of aromatic nitrogens is 2. The van der Waals surface area contributed by atoms with E-state index in [1.54, 1.807) is 10.9 Å². The predicted octanol–water partition coefficient (Wildman–Crippen LogP) is -0.292. The summed E-state index contributed by atoms with van der Waals surface area (Å²) in [5, 5.41) is 6.87. The minimum Gasteiger partial charge on any atom is -0.352 e. The molecule has 1 saturated heterocycles. The van der Waals surface area contributed by atoms with E-state index in [0.717, 1.165) is 18.4 Å². The molecule has 2 rings (SSSR count). The number of hydrogen-bond donors (Lipinski definition) is 1. The molecule has 0 saturated carbocycles. The molecule has 0 aliphatic carbocycles. The van der Waals surface area contributed by atoms with Crippen molar-refractivity contribution in [2.24, 2.45) is 13.0 Å². The zero-order chi connectivity index (χ0) is 14.8. The number of nitrogens with zero attached hydrogens (tertiary/aromatic N) is 3. The molecule has 0 aromatic carbocycles. The van der Waals surface area contributed by atoms with Gasteiger partial charge in [-0.25, -0.2) is 12.7 Å². The van der Waals surface area contributed by atoms with Crippen molar-refractivity contribution in [3.05, 3.63) is 18.0 Å². The van der Waals surface area contributed by atoms with Crippen LogP contribution in [0.25, 0.3) is 0 Å². The Hall–Kier alpha value is -1.41. The first kappa shape index (κ1) is 15.0. The van der Waals surface area contributed by atoms with Crippen LogP contribution in [0.15, 0.2) is 12.4 Å². The van der Waals surface area contributed by atoms with Gasteiger partial charge in [0, 0.05) is 38.4 Å². The molecule has 112 valence electrons. The number of rotatable bonds is 4. The smallest absolute Gasteiger partial charge is 0.224 e. The van der Waals surface area contributed by atoms with Gasteiger partial charge < -0.3 is 5.32 Å². The van der Waals surface area contributed by atoms with Crippen molar-refractivity contribution in [3.8, 4) is 0 Å². The standard InChI is InChI=1S/C12H20N4O3S/c1-15-8-10(7-14-15)6-13-12(17)11-4-3-5-16(9-11)20(2,18)19/h7-8,11H,3-6,9H2,1-2H3,(H,13,17). The van der Waals surface area contributed by atoms with Gasteiger partial charge in [-0.3, -0.25) is 9.48 Å². The Morgan fingerprint density at radius 1 is 1.55 bits per heavy atom. The third kappa shape index (κ3) is 3.80. The second-order valence-corrected chi connectivity index (χ2v) is 7.18. The van der Waals surface area contributed by atoms with E-state index in [9.17, 15) is 13.2 Å². The molecule has 1 atom stereocenters. The lowest BCUT2D eigenvalue weighted by Gasteiger charge is -2.30. The summed E-state index contributed by atoms with van der Waals surface area (Å²) in [6.45, 7) is 1.20. The van der Waals surface area contributed by atoms with Gasteiger partial charge in [-0.05, 0) is 12.8 Å². The summed E-state index contributed by atoms with van der Waals surface area (Å²) in [7, 11) is -1.40. The maximum Gasteiger partial charge on any atom is 0.224 e. The van der Waals surface area contributed by atoms with Gasteiger partial charge in [-0.1, -0.05) is 0 Å². The number of nitrogens with one attached hydrogen (secondary N) is 1. The van der Waals surface area contributed by atoms with Crippen LogP contribution in [0.1, 0.15) is 18.4 Å². The summed E-state index contributed by atoms with van der Waals surface area (Å²) >= 11 is 0. The highest BCUT2D eigenvalue weighted by Crippen LogP contribution is 2.18. The van der Waals surface area contributed by atoms with E-state index in [1.807, 2.05) is 13.2 Å². The normalized spacial score (nSPS) is 20.8. The summed E-state index contributed by atoms with van der Waals surface area (Å²) in [6.07, 6.45) is 6.17. The third-order valence-corrected chi connectivity index (χ3v) is 4.72. The molecule has 7 nitrogen and oxygen atoms in total. The Labute approximate surface area is 119 Å². The number of aryl methyl sites for hydroxylation is 1. The van der Waals surface area contributed by atoms with Crippen LogP contribution < -0.4 is 5.32 Å². The molecule has 20 heavy (non-hydrogen) atoms. The number of sulfonamides is 1. The molecule has 1 aromatic rings. The second-order valence-electron chi connectivity index (χ2n) is 5.20. The van der Waals surface area contributed by atoms with Crippen molar-refractivity contribution in [2.75, 3.05) is 19.3 Å². The van der Waals surface area contributed by atoms with E-state index in [2.05, 4.69) is 10.4 Å². The van der Waals surface area contributed by atoms with Crippen LogP contribution in [0.2, 0.25) is 0 Å². The number of amides is 1.